The van der Waals surface area contributed by atoms with Crippen molar-refractivity contribution >= 4 is 17.0 Å². The number of rotatable bonds is 4. The van der Waals surface area contributed by atoms with Crippen LogP contribution in [0.15, 0.2) is 66.9 Å². The lowest BCUT2D eigenvalue weighted by Crippen LogP contribution is -2.43. The molecule has 0 amide bonds. The van der Waals surface area contributed by atoms with Gasteiger partial charge in [0.2, 0.25) is 5.95 Å². The zero-order valence-corrected chi connectivity index (χ0v) is 18.0. The van der Waals surface area contributed by atoms with Crippen LogP contribution in [0.25, 0.3) is 28.0 Å². The number of aliphatic hydroxyl groups excluding tert-OH is 1. The number of nitrogens with zero attached hydrogens (tertiary/aromatic N) is 4. The number of aliphatic hydroxyl groups is 1. The van der Waals surface area contributed by atoms with E-state index in [1.165, 1.54) is 12.0 Å². The molecular formula is C26H27N5O. The van der Waals surface area contributed by atoms with Gasteiger partial charge in [-0.1, -0.05) is 42.5 Å². The number of nitrogens with two attached hydrogens (primary N) is 1. The number of aromatic nitrogens is 3. The molecule has 6 heteroatoms. The summed E-state index contributed by atoms with van der Waals surface area (Å²) < 4.78 is 2.22. The van der Waals surface area contributed by atoms with Crippen molar-refractivity contribution < 1.29 is 5.11 Å². The summed E-state index contributed by atoms with van der Waals surface area (Å²) in [6.45, 7) is 1.36. The van der Waals surface area contributed by atoms with Gasteiger partial charge in [-0.15, -0.1) is 0 Å². The summed E-state index contributed by atoms with van der Waals surface area (Å²) in [5.74, 6) is 0.677. The molecule has 32 heavy (non-hydrogen) atoms. The van der Waals surface area contributed by atoms with Crippen molar-refractivity contribution in [3.05, 3.63) is 72.4 Å². The van der Waals surface area contributed by atoms with Crippen LogP contribution >= 0.6 is 0 Å². The average Bonchev–Trinajstić information content (AvgIpc) is 3.41. The second-order valence-corrected chi connectivity index (χ2v) is 9.12. The molecule has 0 bridgehead atoms. The third-order valence-corrected chi connectivity index (χ3v) is 7.00. The Labute approximate surface area is 187 Å². The minimum atomic E-state index is -0.307. The van der Waals surface area contributed by atoms with E-state index in [1.807, 2.05) is 12.3 Å². The maximum Gasteiger partial charge on any atom is 0.226 e. The predicted molar refractivity (Wildman–Crippen MR) is 127 cm³/mol. The number of anilines is 1. The van der Waals surface area contributed by atoms with E-state index in [1.54, 1.807) is 0 Å². The monoisotopic (exact) mass is 425 g/mol. The molecule has 2 aliphatic rings. The van der Waals surface area contributed by atoms with Gasteiger partial charge in [0.1, 0.15) is 0 Å². The third kappa shape index (κ3) is 3.18. The van der Waals surface area contributed by atoms with Gasteiger partial charge < -0.3 is 20.3 Å². The summed E-state index contributed by atoms with van der Waals surface area (Å²) in [6, 6.07) is 21.1. The van der Waals surface area contributed by atoms with Crippen LogP contribution < -0.4 is 10.6 Å². The molecular weight excluding hydrogens is 398 g/mol. The van der Waals surface area contributed by atoms with Crippen LogP contribution in [-0.4, -0.2) is 38.8 Å². The average molecular weight is 426 g/mol. The van der Waals surface area contributed by atoms with Crippen molar-refractivity contribution in [1.82, 2.24) is 14.5 Å². The Hall–Kier alpha value is -3.22. The molecule has 1 saturated carbocycles. The number of fused-ring (bicyclic) bond motifs is 1. The van der Waals surface area contributed by atoms with Crippen LogP contribution in [0.4, 0.5) is 5.95 Å². The van der Waals surface area contributed by atoms with Gasteiger partial charge in [0.05, 0.1) is 29.0 Å². The molecule has 0 radical (unpaired) electrons. The molecule has 4 aromatic rings. The Morgan fingerprint density at radius 2 is 1.81 bits per heavy atom. The highest BCUT2D eigenvalue weighted by atomic mass is 16.3. The maximum atomic E-state index is 9.91. The summed E-state index contributed by atoms with van der Waals surface area (Å²) in [5, 5.41) is 9.91. The van der Waals surface area contributed by atoms with E-state index >= 15 is 0 Å². The summed E-state index contributed by atoms with van der Waals surface area (Å²) in [4.78, 5) is 11.6. The lowest BCUT2D eigenvalue weighted by molar-refractivity contribution is 0.198. The van der Waals surface area contributed by atoms with E-state index < -0.39 is 0 Å². The minimum absolute atomic E-state index is 0.169. The van der Waals surface area contributed by atoms with Crippen LogP contribution in [-0.2, 0) is 5.54 Å². The molecule has 1 aliphatic heterocycles. The van der Waals surface area contributed by atoms with Gasteiger partial charge in [0.25, 0.3) is 0 Å². The van der Waals surface area contributed by atoms with E-state index in [9.17, 15) is 5.11 Å². The summed E-state index contributed by atoms with van der Waals surface area (Å²) in [6.07, 6.45) is 5.66. The molecule has 1 atom stereocenters. The predicted octanol–water partition coefficient (Wildman–Crippen LogP) is 4.00. The van der Waals surface area contributed by atoms with Crippen LogP contribution in [0.2, 0.25) is 0 Å². The minimum Gasteiger partial charge on any atom is -0.391 e. The number of hydrogen-bond acceptors (Lipinski definition) is 5. The highest BCUT2D eigenvalue weighted by Crippen LogP contribution is 2.39. The van der Waals surface area contributed by atoms with E-state index in [0.717, 1.165) is 53.8 Å². The molecule has 2 aromatic carbocycles. The molecule has 6 rings (SSSR count). The number of benzene rings is 2. The van der Waals surface area contributed by atoms with E-state index in [-0.39, 0.29) is 11.6 Å². The van der Waals surface area contributed by atoms with Gasteiger partial charge in [0, 0.05) is 24.3 Å². The molecule has 3 heterocycles. The van der Waals surface area contributed by atoms with Crippen LogP contribution in [0.5, 0.6) is 0 Å². The first-order valence-electron chi connectivity index (χ1n) is 11.4. The van der Waals surface area contributed by atoms with Gasteiger partial charge in [-0.3, -0.25) is 0 Å². The second-order valence-electron chi connectivity index (χ2n) is 9.12. The normalized spacial score (nSPS) is 19.9. The lowest BCUT2D eigenvalue weighted by atomic mass is 9.73. The number of hydrogen-bond donors (Lipinski definition) is 2. The molecule has 2 aromatic heterocycles. The smallest absolute Gasteiger partial charge is 0.226 e. The maximum absolute atomic E-state index is 9.91. The summed E-state index contributed by atoms with van der Waals surface area (Å²) >= 11 is 0. The Morgan fingerprint density at radius 3 is 2.47 bits per heavy atom. The van der Waals surface area contributed by atoms with Crippen LogP contribution in [0.1, 0.15) is 31.2 Å². The first-order chi connectivity index (χ1) is 15.6. The Morgan fingerprint density at radius 1 is 1.03 bits per heavy atom. The van der Waals surface area contributed by atoms with Crippen LogP contribution in [0, 0.1) is 0 Å². The molecule has 1 unspecified atom stereocenters. The summed E-state index contributed by atoms with van der Waals surface area (Å²) in [5.41, 5.74) is 12.7. The fourth-order valence-electron chi connectivity index (χ4n) is 4.95. The topological polar surface area (TPSA) is 80.2 Å². The fourth-order valence-corrected chi connectivity index (χ4v) is 4.95. The lowest BCUT2D eigenvalue weighted by Gasteiger charge is -2.38. The third-order valence-electron chi connectivity index (χ3n) is 7.00. The van der Waals surface area contributed by atoms with Gasteiger partial charge in [-0.05, 0) is 55.0 Å². The van der Waals surface area contributed by atoms with Gasteiger partial charge in [0.15, 0.2) is 0 Å². The Balaban J connectivity index is 1.47. The highest BCUT2D eigenvalue weighted by molar-refractivity contribution is 5.86. The summed E-state index contributed by atoms with van der Waals surface area (Å²) in [7, 11) is 0. The van der Waals surface area contributed by atoms with Gasteiger partial charge >= 0.3 is 0 Å². The quantitative estimate of drug-likeness (QED) is 0.517. The first-order valence-corrected chi connectivity index (χ1v) is 11.4. The molecule has 2 fully saturated rings. The van der Waals surface area contributed by atoms with Crippen molar-refractivity contribution in [2.75, 3.05) is 18.0 Å². The molecule has 3 N–H and O–H groups in total. The van der Waals surface area contributed by atoms with Crippen molar-refractivity contribution in [1.29, 1.82) is 0 Å². The zero-order valence-electron chi connectivity index (χ0n) is 18.0. The second kappa shape index (κ2) is 7.43. The van der Waals surface area contributed by atoms with Crippen LogP contribution in [0.3, 0.4) is 0 Å². The van der Waals surface area contributed by atoms with Crippen molar-refractivity contribution in [3.8, 4) is 16.9 Å². The zero-order chi connectivity index (χ0) is 21.7. The Kier molecular flexibility index (Phi) is 4.52. The fraction of sp³-hybridized carbons (Fsp3) is 0.308. The molecule has 1 aliphatic carbocycles. The van der Waals surface area contributed by atoms with Gasteiger partial charge in [-0.25, -0.2) is 9.97 Å². The first kappa shape index (κ1) is 19.5. The SMILES string of the molecule is NC1(c2ccc(-n3c(-c4ccccc4)cc4nc(N5CCC(O)C5)ncc43)cc2)CCC1. The number of β-amino-alcohol motifs (C(OH)–C–C–N with tert-alkyl or cyclic N) is 1. The molecule has 162 valence electrons. The van der Waals surface area contributed by atoms with Crippen molar-refractivity contribution in [3.63, 3.8) is 0 Å². The van der Waals surface area contributed by atoms with Crippen molar-refractivity contribution in [2.24, 2.45) is 5.73 Å². The molecule has 0 spiro atoms. The molecule has 6 nitrogen and oxygen atoms in total. The van der Waals surface area contributed by atoms with E-state index in [2.05, 4.69) is 69.0 Å². The standard InChI is InChI=1S/C26H27N5O/c27-26(12-4-13-26)19-7-9-20(10-8-19)31-23(18-5-2-1-3-6-18)15-22-24(31)16-28-25(29-22)30-14-11-21(32)17-30/h1-3,5-10,15-16,21,32H,4,11-14,17,27H2. The highest BCUT2D eigenvalue weighted by Gasteiger charge is 2.34. The van der Waals surface area contributed by atoms with Crippen molar-refractivity contribution in [2.45, 2.75) is 37.3 Å². The largest absolute Gasteiger partial charge is 0.391 e. The molecule has 1 saturated heterocycles. The van der Waals surface area contributed by atoms with Gasteiger partial charge in [-0.2, -0.15) is 0 Å². The Bertz CT molecular complexity index is 1260. The van der Waals surface area contributed by atoms with E-state index in [0.29, 0.717) is 12.5 Å². The van der Waals surface area contributed by atoms with E-state index in [4.69, 9.17) is 10.7 Å².